The molecule has 3 N–H and O–H groups in total. The van der Waals surface area contributed by atoms with Gasteiger partial charge in [-0.15, -0.1) is 0 Å². The van der Waals surface area contributed by atoms with Crippen molar-refractivity contribution in [1.82, 2.24) is 14.6 Å². The van der Waals surface area contributed by atoms with E-state index in [1.54, 1.807) is 4.52 Å². The predicted molar refractivity (Wildman–Crippen MR) is 117 cm³/mol. The lowest BCUT2D eigenvalue weighted by Crippen LogP contribution is -2.32. The smallest absolute Gasteiger partial charge is 0.305 e. The first-order valence-corrected chi connectivity index (χ1v) is 10.5. The van der Waals surface area contributed by atoms with Gasteiger partial charge in [-0.25, -0.2) is 4.98 Å². The van der Waals surface area contributed by atoms with Crippen molar-refractivity contribution >= 4 is 40.5 Å². The number of benzene rings is 1. The Bertz CT molecular complexity index is 1280. The van der Waals surface area contributed by atoms with Crippen molar-refractivity contribution in [1.29, 1.82) is 5.26 Å². The third-order valence-corrected chi connectivity index (χ3v) is 5.93. The quantitative estimate of drug-likeness (QED) is 0.561. The molecule has 162 valence electrons. The number of nitrogens with zero attached hydrogens (tertiary/aromatic N) is 5. The first kappa shape index (κ1) is 19.8. The Balaban J connectivity index is 1.54. The SMILES string of the molecule is N#Cc1cnn2c(Nc3ccc4c(c3)CCC(=O)N4)cc(N3CCC[C@H]3CC(=O)O)nc12. The van der Waals surface area contributed by atoms with Gasteiger partial charge in [-0.1, -0.05) is 0 Å². The molecular weight excluding hydrogens is 410 g/mol. The third-order valence-electron chi connectivity index (χ3n) is 5.93. The molecule has 10 heteroatoms. The van der Waals surface area contributed by atoms with Crippen molar-refractivity contribution in [3.63, 3.8) is 0 Å². The average molecular weight is 431 g/mol. The summed E-state index contributed by atoms with van der Waals surface area (Å²) >= 11 is 0. The summed E-state index contributed by atoms with van der Waals surface area (Å²) in [6.45, 7) is 0.703. The summed E-state index contributed by atoms with van der Waals surface area (Å²) in [6.07, 6.45) is 4.29. The zero-order valence-corrected chi connectivity index (χ0v) is 17.2. The number of aromatic nitrogens is 3. The number of nitrogens with one attached hydrogen (secondary N) is 2. The molecule has 4 heterocycles. The van der Waals surface area contributed by atoms with Crippen LogP contribution in [-0.2, 0) is 16.0 Å². The highest BCUT2D eigenvalue weighted by atomic mass is 16.4. The maximum absolute atomic E-state index is 11.6. The second kappa shape index (κ2) is 7.85. The Morgan fingerprint density at radius 1 is 1.34 bits per heavy atom. The third kappa shape index (κ3) is 3.58. The summed E-state index contributed by atoms with van der Waals surface area (Å²) in [6, 6.07) is 9.53. The number of aryl methyl sites for hydroxylation is 1. The summed E-state index contributed by atoms with van der Waals surface area (Å²) in [4.78, 5) is 29.6. The molecule has 0 bridgehead atoms. The molecule has 1 saturated heterocycles. The molecule has 0 spiro atoms. The normalized spacial score (nSPS) is 17.7. The van der Waals surface area contributed by atoms with E-state index in [2.05, 4.69) is 26.8 Å². The van der Waals surface area contributed by atoms with Crippen molar-refractivity contribution in [2.75, 3.05) is 22.1 Å². The van der Waals surface area contributed by atoms with E-state index in [9.17, 15) is 20.0 Å². The first-order chi connectivity index (χ1) is 15.5. The molecule has 1 fully saturated rings. The van der Waals surface area contributed by atoms with Gasteiger partial charge in [-0.05, 0) is 43.0 Å². The van der Waals surface area contributed by atoms with Crippen LogP contribution in [0, 0.1) is 11.3 Å². The molecule has 10 nitrogen and oxygen atoms in total. The lowest BCUT2D eigenvalue weighted by molar-refractivity contribution is -0.137. The van der Waals surface area contributed by atoms with Crippen LogP contribution in [0.3, 0.4) is 0 Å². The van der Waals surface area contributed by atoms with Crippen molar-refractivity contribution in [2.24, 2.45) is 0 Å². The number of carboxylic acid groups (broad SMARTS) is 1. The Morgan fingerprint density at radius 3 is 3.03 bits per heavy atom. The first-order valence-electron chi connectivity index (χ1n) is 10.5. The Morgan fingerprint density at radius 2 is 2.22 bits per heavy atom. The van der Waals surface area contributed by atoms with Crippen LogP contribution in [0.1, 0.15) is 36.8 Å². The van der Waals surface area contributed by atoms with Crippen LogP contribution in [-0.4, -0.2) is 44.2 Å². The van der Waals surface area contributed by atoms with E-state index in [1.165, 1.54) is 6.20 Å². The molecule has 3 aromatic rings. The minimum Gasteiger partial charge on any atom is -0.481 e. The largest absolute Gasteiger partial charge is 0.481 e. The van der Waals surface area contributed by atoms with Gasteiger partial charge in [0, 0.05) is 36.4 Å². The van der Waals surface area contributed by atoms with Crippen molar-refractivity contribution in [3.05, 3.63) is 41.6 Å². The number of carbonyl (C=O) groups is 2. The molecule has 1 atom stereocenters. The summed E-state index contributed by atoms with van der Waals surface area (Å²) in [5.74, 6) is 0.406. The molecule has 0 saturated carbocycles. The van der Waals surface area contributed by atoms with Crippen molar-refractivity contribution in [2.45, 2.75) is 38.1 Å². The fourth-order valence-corrected chi connectivity index (χ4v) is 4.43. The van der Waals surface area contributed by atoms with Gasteiger partial charge in [0.05, 0.1) is 12.6 Å². The fourth-order valence-electron chi connectivity index (χ4n) is 4.43. The van der Waals surface area contributed by atoms with Crippen LogP contribution >= 0.6 is 0 Å². The standard InChI is InChI=1S/C22H21N7O3/c23-11-14-12-24-29-19(25-15-4-5-17-13(8-15)3-6-20(30)26-17)10-18(27-22(14)29)28-7-1-2-16(28)9-21(31)32/h4-5,8,10,12,16,25H,1-3,6-7,9H2,(H,26,30)(H,31,32)/t16-/m0/s1. The summed E-state index contributed by atoms with van der Waals surface area (Å²) in [5, 5.41) is 29.3. The lowest BCUT2D eigenvalue weighted by atomic mass is 10.0. The Kier molecular flexibility index (Phi) is 4.86. The fraction of sp³-hybridized carbons (Fsp3) is 0.318. The molecule has 1 amide bonds. The molecule has 0 aliphatic carbocycles. The topological polar surface area (TPSA) is 136 Å². The number of hydrogen-bond acceptors (Lipinski definition) is 7. The van der Waals surface area contributed by atoms with Gasteiger partial charge in [0.1, 0.15) is 23.3 Å². The highest BCUT2D eigenvalue weighted by Crippen LogP contribution is 2.32. The van der Waals surface area contributed by atoms with Gasteiger partial charge < -0.3 is 20.6 Å². The van der Waals surface area contributed by atoms with E-state index in [0.29, 0.717) is 42.2 Å². The number of nitriles is 1. The van der Waals surface area contributed by atoms with Crippen LogP contribution in [0.2, 0.25) is 0 Å². The molecule has 2 aliphatic heterocycles. The maximum Gasteiger partial charge on any atom is 0.305 e. The average Bonchev–Trinajstić information content (AvgIpc) is 3.40. The van der Waals surface area contributed by atoms with Crippen LogP contribution in [0.4, 0.5) is 23.0 Å². The highest BCUT2D eigenvalue weighted by molar-refractivity contribution is 5.94. The maximum atomic E-state index is 11.6. The molecule has 32 heavy (non-hydrogen) atoms. The predicted octanol–water partition coefficient (Wildman–Crippen LogP) is 2.67. The number of amides is 1. The molecule has 2 aromatic heterocycles. The van der Waals surface area contributed by atoms with Crippen LogP contribution < -0.4 is 15.5 Å². The minimum absolute atomic E-state index is 0.0146. The van der Waals surface area contributed by atoms with E-state index < -0.39 is 5.97 Å². The summed E-state index contributed by atoms with van der Waals surface area (Å²) < 4.78 is 1.57. The van der Waals surface area contributed by atoms with Crippen molar-refractivity contribution in [3.8, 4) is 6.07 Å². The molecule has 0 radical (unpaired) electrons. The molecular formula is C22H21N7O3. The molecule has 2 aliphatic rings. The number of hydrogen-bond donors (Lipinski definition) is 3. The van der Waals surface area contributed by atoms with E-state index in [1.807, 2.05) is 29.2 Å². The summed E-state index contributed by atoms with van der Waals surface area (Å²) in [7, 11) is 0. The van der Waals surface area contributed by atoms with E-state index >= 15 is 0 Å². The van der Waals surface area contributed by atoms with Gasteiger partial charge >= 0.3 is 5.97 Å². The Hall–Kier alpha value is -4.13. The van der Waals surface area contributed by atoms with Gasteiger partial charge in [0.15, 0.2) is 5.65 Å². The van der Waals surface area contributed by atoms with E-state index in [4.69, 9.17) is 0 Å². The number of rotatable bonds is 5. The van der Waals surface area contributed by atoms with E-state index in [0.717, 1.165) is 29.8 Å². The molecule has 5 rings (SSSR count). The molecule has 1 aromatic carbocycles. The second-order valence-corrected chi connectivity index (χ2v) is 8.04. The number of carbonyl (C=O) groups excluding carboxylic acids is 1. The second-order valence-electron chi connectivity index (χ2n) is 8.04. The minimum atomic E-state index is -0.843. The van der Waals surface area contributed by atoms with Gasteiger partial charge in [0.25, 0.3) is 0 Å². The Labute approximate surface area is 183 Å². The van der Waals surface area contributed by atoms with Gasteiger partial charge in [0.2, 0.25) is 5.91 Å². The zero-order chi connectivity index (χ0) is 22.2. The summed E-state index contributed by atoms with van der Waals surface area (Å²) in [5.41, 5.74) is 3.43. The highest BCUT2D eigenvalue weighted by Gasteiger charge is 2.29. The monoisotopic (exact) mass is 431 g/mol. The van der Waals surface area contributed by atoms with Gasteiger partial charge in [-0.2, -0.15) is 14.9 Å². The number of fused-ring (bicyclic) bond motifs is 2. The number of anilines is 4. The number of aliphatic carboxylic acids is 1. The zero-order valence-electron chi connectivity index (χ0n) is 17.2. The van der Waals surface area contributed by atoms with Crippen LogP contribution in [0.25, 0.3) is 5.65 Å². The van der Waals surface area contributed by atoms with Gasteiger partial charge in [-0.3, -0.25) is 9.59 Å². The van der Waals surface area contributed by atoms with Crippen LogP contribution in [0.5, 0.6) is 0 Å². The van der Waals surface area contributed by atoms with E-state index in [-0.39, 0.29) is 18.4 Å². The lowest BCUT2D eigenvalue weighted by Gasteiger charge is -2.25. The van der Waals surface area contributed by atoms with Crippen molar-refractivity contribution < 1.29 is 14.7 Å². The molecule has 0 unspecified atom stereocenters. The van der Waals surface area contributed by atoms with Crippen LogP contribution in [0.15, 0.2) is 30.5 Å². The number of carboxylic acids is 1.